The van der Waals surface area contributed by atoms with Crippen LogP contribution in [0.4, 0.5) is 26.0 Å². The van der Waals surface area contributed by atoms with Crippen molar-refractivity contribution in [2.75, 3.05) is 18.0 Å². The molecule has 1 saturated heterocycles. The normalized spacial score (nSPS) is 15.3. The summed E-state index contributed by atoms with van der Waals surface area (Å²) in [5, 5.41) is 20.9. The maximum Gasteiger partial charge on any atom is 0.289 e. The molecule has 0 saturated carbocycles. The summed E-state index contributed by atoms with van der Waals surface area (Å²) < 4.78 is 26.0. The van der Waals surface area contributed by atoms with Gasteiger partial charge in [0.15, 0.2) is 0 Å². The summed E-state index contributed by atoms with van der Waals surface area (Å²) >= 11 is 16.8. The minimum Gasteiger partial charge on any atom is -0.355 e. The highest BCUT2D eigenvalue weighted by Gasteiger charge is 2.35. The highest BCUT2D eigenvalue weighted by molar-refractivity contribution is 6.41. The minimum atomic E-state index is -2.65. The molecule has 14 heteroatoms. The maximum absolute atomic E-state index is 13.0. The summed E-state index contributed by atoms with van der Waals surface area (Å²) in [6.45, 7) is 0.273. The number of halogens is 5. The van der Waals surface area contributed by atoms with Crippen LogP contribution in [-0.2, 0) is 0 Å². The van der Waals surface area contributed by atoms with Crippen molar-refractivity contribution >= 4 is 52.0 Å². The molecule has 0 N–H and O–H groups in total. The van der Waals surface area contributed by atoms with Gasteiger partial charge >= 0.3 is 0 Å². The molecule has 0 bridgehead atoms. The molecular weight excluding hydrogens is 459 g/mol. The maximum atomic E-state index is 13.0. The van der Waals surface area contributed by atoms with Crippen molar-refractivity contribution in [2.45, 2.75) is 18.8 Å². The lowest BCUT2D eigenvalue weighted by Crippen LogP contribution is -2.39. The van der Waals surface area contributed by atoms with Crippen molar-refractivity contribution in [3.05, 3.63) is 60.0 Å². The Labute approximate surface area is 177 Å². The Morgan fingerprint density at radius 1 is 0.931 bits per heavy atom. The minimum absolute atomic E-state index is 0.0669. The molecule has 156 valence electrons. The quantitative estimate of drug-likeness (QED) is 0.345. The number of nitro groups is 2. The van der Waals surface area contributed by atoms with Gasteiger partial charge in [-0.05, 0) is 0 Å². The molecule has 0 atom stereocenters. The average Bonchev–Trinajstić information content (AvgIpc) is 2.64. The smallest absolute Gasteiger partial charge is 0.289 e. The van der Waals surface area contributed by atoms with Crippen molar-refractivity contribution in [3.63, 3.8) is 0 Å². The molecule has 2 aromatic heterocycles. The van der Waals surface area contributed by atoms with Gasteiger partial charge in [-0.2, -0.15) is 0 Å². The van der Waals surface area contributed by atoms with Gasteiger partial charge in [-0.25, -0.2) is 18.7 Å². The first-order valence-corrected chi connectivity index (χ1v) is 9.02. The highest BCUT2D eigenvalue weighted by atomic mass is 35.5. The summed E-state index contributed by atoms with van der Waals surface area (Å²) in [5.41, 5.74) is -0.384. The molecule has 1 fully saturated rings. The molecule has 0 aliphatic carbocycles. The predicted octanol–water partition coefficient (Wildman–Crippen LogP) is 5.18. The fraction of sp³-hybridized carbons (Fsp3) is 0.333. The van der Waals surface area contributed by atoms with E-state index >= 15 is 0 Å². The summed E-state index contributed by atoms with van der Waals surface area (Å²) in [4.78, 5) is 28.4. The lowest BCUT2D eigenvalue weighted by atomic mass is 10.1. The predicted molar refractivity (Wildman–Crippen MR) is 103 cm³/mol. The number of nitrogens with zero attached hydrogens (tertiary/aromatic N) is 5. The zero-order valence-corrected chi connectivity index (χ0v) is 16.7. The van der Waals surface area contributed by atoms with E-state index in [0.29, 0.717) is 5.82 Å². The number of piperidine rings is 1. The van der Waals surface area contributed by atoms with Crippen LogP contribution in [0.2, 0.25) is 15.2 Å². The molecule has 2 aromatic rings. The molecule has 0 radical (unpaired) electrons. The van der Waals surface area contributed by atoms with E-state index in [1.165, 1.54) is 6.07 Å². The Morgan fingerprint density at radius 3 is 1.86 bits per heavy atom. The van der Waals surface area contributed by atoms with Crippen LogP contribution in [0.15, 0.2) is 24.5 Å². The highest BCUT2D eigenvalue weighted by Crippen LogP contribution is 2.33. The van der Waals surface area contributed by atoms with Crippen LogP contribution in [0.25, 0.3) is 0 Å². The van der Waals surface area contributed by atoms with E-state index in [4.69, 9.17) is 34.8 Å². The molecule has 0 amide bonds. The topological polar surface area (TPSA) is 115 Å². The Morgan fingerprint density at radius 2 is 1.41 bits per heavy atom. The second-order valence-corrected chi connectivity index (χ2v) is 6.99. The number of aromatic nitrogens is 2. The van der Waals surface area contributed by atoms with Crippen LogP contribution < -0.4 is 4.90 Å². The molecule has 3 heterocycles. The van der Waals surface area contributed by atoms with Crippen LogP contribution in [0.1, 0.15) is 12.8 Å². The van der Waals surface area contributed by atoms with Crippen LogP contribution >= 0.6 is 34.8 Å². The molecule has 1 aliphatic heterocycles. The van der Waals surface area contributed by atoms with Crippen LogP contribution in [0, 0.1) is 20.2 Å². The van der Waals surface area contributed by atoms with Gasteiger partial charge in [0.1, 0.15) is 23.4 Å². The van der Waals surface area contributed by atoms with E-state index < -0.39 is 15.8 Å². The second-order valence-electron chi connectivity index (χ2n) is 5.82. The molecule has 1 aliphatic rings. The largest absolute Gasteiger partial charge is 0.355 e. The first-order chi connectivity index (χ1) is 13.5. The SMILES string of the molecule is O=[N+]([O-])c1cnc(Cl)c(Cl)c1.O=[N+]([O-])c1cnc(N2CCC(F)(F)CC2)c(Cl)c1. The number of anilines is 1. The zero-order valence-electron chi connectivity index (χ0n) is 14.4. The van der Waals surface area contributed by atoms with Gasteiger partial charge in [0.25, 0.3) is 17.3 Å². The van der Waals surface area contributed by atoms with Gasteiger partial charge in [0, 0.05) is 38.1 Å². The Hall–Kier alpha value is -2.37. The fourth-order valence-corrected chi connectivity index (χ4v) is 2.85. The van der Waals surface area contributed by atoms with Gasteiger partial charge in [-0.1, -0.05) is 34.8 Å². The number of rotatable bonds is 3. The van der Waals surface area contributed by atoms with Gasteiger partial charge in [-0.3, -0.25) is 20.2 Å². The van der Waals surface area contributed by atoms with E-state index in [9.17, 15) is 29.0 Å². The van der Waals surface area contributed by atoms with Crippen molar-refractivity contribution in [3.8, 4) is 0 Å². The van der Waals surface area contributed by atoms with Crippen LogP contribution in [0.3, 0.4) is 0 Å². The Bertz CT molecular complexity index is 925. The van der Waals surface area contributed by atoms with Crippen LogP contribution in [-0.4, -0.2) is 38.8 Å². The van der Waals surface area contributed by atoms with Crippen molar-refractivity contribution in [2.24, 2.45) is 0 Å². The van der Waals surface area contributed by atoms with E-state index in [1.54, 1.807) is 4.90 Å². The number of alkyl halides is 2. The molecule has 9 nitrogen and oxygen atoms in total. The second kappa shape index (κ2) is 9.42. The third kappa shape index (κ3) is 6.31. The lowest BCUT2D eigenvalue weighted by Gasteiger charge is -2.32. The molecule has 0 unspecified atom stereocenters. The number of hydrogen-bond acceptors (Lipinski definition) is 7. The average molecular weight is 471 g/mol. The molecule has 29 heavy (non-hydrogen) atoms. The number of pyridine rings is 2. The monoisotopic (exact) mass is 469 g/mol. The summed E-state index contributed by atoms with van der Waals surface area (Å²) in [6, 6.07) is 2.33. The van der Waals surface area contributed by atoms with Crippen molar-refractivity contribution < 1.29 is 18.6 Å². The third-order valence-electron chi connectivity index (χ3n) is 3.81. The van der Waals surface area contributed by atoms with Crippen LogP contribution in [0.5, 0.6) is 0 Å². The first kappa shape index (κ1) is 22.9. The van der Waals surface area contributed by atoms with E-state index in [2.05, 4.69) is 9.97 Å². The standard InChI is InChI=1S/C10H10ClF2N3O2.C5H2Cl2N2O2/c11-8-5-7(16(17)18)6-14-9(8)15-3-1-10(12,13)2-4-15;6-4-1-3(9(10)11)2-8-5(4)7/h5-6H,1-4H2;1-2H. The van der Waals surface area contributed by atoms with Gasteiger partial charge < -0.3 is 4.90 Å². The van der Waals surface area contributed by atoms with E-state index in [0.717, 1.165) is 18.5 Å². The fourth-order valence-electron chi connectivity index (χ4n) is 2.31. The molecular formula is C15H12Cl3F2N5O4. The van der Waals surface area contributed by atoms with Crippen molar-refractivity contribution in [1.82, 2.24) is 9.97 Å². The molecule has 3 rings (SSSR count). The summed E-state index contributed by atoms with van der Waals surface area (Å²) in [6.07, 6.45) is 1.60. The Balaban J connectivity index is 0.000000234. The van der Waals surface area contributed by atoms with Gasteiger partial charge in [0.2, 0.25) is 0 Å². The molecule has 0 spiro atoms. The Kier molecular flexibility index (Phi) is 7.44. The lowest BCUT2D eigenvalue weighted by molar-refractivity contribution is -0.385. The summed E-state index contributed by atoms with van der Waals surface area (Å²) in [5.74, 6) is -2.33. The summed E-state index contributed by atoms with van der Waals surface area (Å²) in [7, 11) is 0. The van der Waals surface area contributed by atoms with E-state index in [1.807, 2.05) is 0 Å². The number of hydrogen-bond donors (Lipinski definition) is 0. The molecule has 0 aromatic carbocycles. The third-order valence-corrected chi connectivity index (χ3v) is 4.77. The zero-order chi connectivity index (χ0) is 21.8. The van der Waals surface area contributed by atoms with Crippen molar-refractivity contribution in [1.29, 1.82) is 0 Å². The van der Waals surface area contributed by atoms with Gasteiger partial charge in [-0.15, -0.1) is 0 Å². The van der Waals surface area contributed by atoms with Gasteiger partial charge in [0.05, 0.1) is 19.9 Å². The van der Waals surface area contributed by atoms with E-state index in [-0.39, 0.29) is 52.5 Å². The first-order valence-electron chi connectivity index (χ1n) is 7.88.